The van der Waals surface area contributed by atoms with Crippen LogP contribution in [-0.4, -0.2) is 47.5 Å². The number of halogens is 1. The monoisotopic (exact) mass is 250 g/mol. The molecule has 0 aromatic carbocycles. The van der Waals surface area contributed by atoms with E-state index >= 15 is 0 Å². The number of pyridine rings is 1. The van der Waals surface area contributed by atoms with E-state index in [0.29, 0.717) is 6.54 Å². The zero-order chi connectivity index (χ0) is 12.1. The molecule has 90 valence electrons. The highest BCUT2D eigenvalue weighted by atomic mass is 35.5. The largest absolute Gasteiger partial charge is 0.296 e. The summed E-state index contributed by atoms with van der Waals surface area (Å²) in [6.07, 6.45) is 3.45. The fraction of sp³-hybridized carbons (Fsp3) is 0.500. The second-order valence-corrected chi connectivity index (χ2v) is 4.58. The fourth-order valence-electron chi connectivity index (χ4n) is 1.98. The number of piperazine rings is 1. The Hall–Kier alpha value is -1.15. The Morgan fingerprint density at radius 3 is 2.65 bits per heavy atom. The third-order valence-corrected chi connectivity index (χ3v) is 3.35. The molecule has 0 spiro atoms. The van der Waals surface area contributed by atoms with Crippen molar-refractivity contribution in [3.05, 3.63) is 29.0 Å². The van der Waals surface area contributed by atoms with Crippen molar-refractivity contribution in [2.24, 2.45) is 0 Å². The summed E-state index contributed by atoms with van der Waals surface area (Å²) in [4.78, 5) is 8.51. The molecule has 1 fully saturated rings. The highest BCUT2D eigenvalue weighted by molar-refractivity contribution is 6.31. The van der Waals surface area contributed by atoms with Crippen LogP contribution in [0.4, 0.5) is 0 Å². The summed E-state index contributed by atoms with van der Waals surface area (Å²) in [6, 6.07) is 4.15. The molecule has 1 aromatic rings. The van der Waals surface area contributed by atoms with Crippen molar-refractivity contribution >= 4 is 11.6 Å². The minimum atomic E-state index is 0.532. The minimum Gasteiger partial charge on any atom is -0.296 e. The maximum absolute atomic E-state index is 8.63. The summed E-state index contributed by atoms with van der Waals surface area (Å²) in [7, 11) is 0. The molecule has 0 radical (unpaired) electrons. The molecule has 1 aromatic heterocycles. The lowest BCUT2D eigenvalue weighted by Gasteiger charge is -2.33. The molecule has 0 unspecified atom stereocenters. The third kappa shape index (κ3) is 3.40. The molecule has 0 bridgehead atoms. The number of hydrogen-bond donors (Lipinski definition) is 0. The van der Waals surface area contributed by atoms with Crippen LogP contribution in [0, 0.1) is 11.3 Å². The minimum absolute atomic E-state index is 0.532. The first kappa shape index (κ1) is 12.3. The maximum atomic E-state index is 8.63. The molecule has 0 N–H and O–H groups in total. The zero-order valence-electron chi connectivity index (χ0n) is 9.64. The van der Waals surface area contributed by atoms with Gasteiger partial charge in [-0.3, -0.25) is 14.8 Å². The van der Waals surface area contributed by atoms with Gasteiger partial charge in [0, 0.05) is 45.1 Å². The smallest absolute Gasteiger partial charge is 0.0866 e. The average Bonchev–Trinajstić information content (AvgIpc) is 2.35. The van der Waals surface area contributed by atoms with Gasteiger partial charge in [0.2, 0.25) is 0 Å². The van der Waals surface area contributed by atoms with E-state index in [-0.39, 0.29) is 0 Å². The van der Waals surface area contributed by atoms with Crippen LogP contribution >= 0.6 is 11.6 Å². The van der Waals surface area contributed by atoms with Gasteiger partial charge in [-0.25, -0.2) is 0 Å². The second-order valence-electron chi connectivity index (χ2n) is 4.18. The Morgan fingerprint density at radius 1 is 1.29 bits per heavy atom. The topological polar surface area (TPSA) is 43.2 Å². The molecular formula is C12H15ClN4. The van der Waals surface area contributed by atoms with Gasteiger partial charge in [0.1, 0.15) is 0 Å². The van der Waals surface area contributed by atoms with E-state index in [1.165, 1.54) is 0 Å². The normalized spacial score (nSPS) is 17.9. The van der Waals surface area contributed by atoms with Gasteiger partial charge < -0.3 is 0 Å². The highest BCUT2D eigenvalue weighted by Gasteiger charge is 2.17. The van der Waals surface area contributed by atoms with Crippen LogP contribution in [0.25, 0.3) is 0 Å². The van der Waals surface area contributed by atoms with E-state index in [2.05, 4.69) is 20.9 Å². The van der Waals surface area contributed by atoms with Gasteiger partial charge in [0.25, 0.3) is 0 Å². The van der Waals surface area contributed by atoms with E-state index < -0.39 is 0 Å². The number of nitrogens with zero attached hydrogens (tertiary/aromatic N) is 4. The van der Waals surface area contributed by atoms with E-state index in [1.807, 2.05) is 6.07 Å². The molecule has 5 heteroatoms. The Balaban J connectivity index is 1.86. The number of rotatable bonds is 3. The van der Waals surface area contributed by atoms with Gasteiger partial charge in [-0.15, -0.1) is 0 Å². The van der Waals surface area contributed by atoms with Crippen LogP contribution in [0.1, 0.15) is 5.56 Å². The first-order valence-corrected chi connectivity index (χ1v) is 6.07. The molecule has 0 saturated carbocycles. The van der Waals surface area contributed by atoms with E-state index in [0.717, 1.165) is 43.3 Å². The van der Waals surface area contributed by atoms with Crippen LogP contribution in [0.5, 0.6) is 0 Å². The SMILES string of the molecule is N#CCN1CCN(Cc2ccncc2Cl)CC1. The predicted molar refractivity (Wildman–Crippen MR) is 66.6 cm³/mol. The van der Waals surface area contributed by atoms with Crippen molar-refractivity contribution < 1.29 is 0 Å². The van der Waals surface area contributed by atoms with Crippen molar-refractivity contribution in [2.45, 2.75) is 6.54 Å². The molecule has 1 aliphatic rings. The number of nitriles is 1. The molecule has 1 saturated heterocycles. The van der Waals surface area contributed by atoms with Crippen molar-refractivity contribution in [3.8, 4) is 6.07 Å². The lowest BCUT2D eigenvalue weighted by Crippen LogP contribution is -2.45. The predicted octanol–water partition coefficient (Wildman–Crippen LogP) is 1.38. The Labute approximate surface area is 106 Å². The molecule has 0 amide bonds. The zero-order valence-corrected chi connectivity index (χ0v) is 10.4. The lowest BCUT2D eigenvalue weighted by molar-refractivity contribution is 0.138. The van der Waals surface area contributed by atoms with Crippen LogP contribution in [0.3, 0.4) is 0 Å². The van der Waals surface area contributed by atoms with Crippen LogP contribution < -0.4 is 0 Å². The third-order valence-electron chi connectivity index (χ3n) is 3.01. The Kier molecular flexibility index (Phi) is 4.32. The van der Waals surface area contributed by atoms with Gasteiger partial charge in [0.05, 0.1) is 17.6 Å². The van der Waals surface area contributed by atoms with Crippen LogP contribution in [0.2, 0.25) is 5.02 Å². The van der Waals surface area contributed by atoms with Crippen molar-refractivity contribution in [3.63, 3.8) is 0 Å². The van der Waals surface area contributed by atoms with Crippen molar-refractivity contribution in [2.75, 3.05) is 32.7 Å². The molecule has 1 aliphatic heterocycles. The van der Waals surface area contributed by atoms with E-state index in [1.54, 1.807) is 12.4 Å². The summed E-state index contributed by atoms with van der Waals surface area (Å²) in [5.41, 5.74) is 1.12. The standard InChI is InChI=1S/C12H15ClN4/c13-12-9-15-3-1-11(12)10-17-7-5-16(4-2-14)6-8-17/h1,3,9H,4-8,10H2. The molecular weight excluding hydrogens is 236 g/mol. The summed E-state index contributed by atoms with van der Waals surface area (Å²) in [5, 5.41) is 9.35. The average molecular weight is 251 g/mol. The van der Waals surface area contributed by atoms with Gasteiger partial charge in [-0.2, -0.15) is 5.26 Å². The molecule has 17 heavy (non-hydrogen) atoms. The second kappa shape index (κ2) is 5.97. The van der Waals surface area contributed by atoms with Gasteiger partial charge in [-0.1, -0.05) is 11.6 Å². The summed E-state index contributed by atoms with van der Waals surface area (Å²) >= 11 is 6.08. The summed E-state index contributed by atoms with van der Waals surface area (Å²) in [5.74, 6) is 0. The number of aromatic nitrogens is 1. The fourth-order valence-corrected chi connectivity index (χ4v) is 2.16. The summed E-state index contributed by atoms with van der Waals surface area (Å²) < 4.78 is 0. The van der Waals surface area contributed by atoms with Crippen LogP contribution in [0.15, 0.2) is 18.5 Å². The highest BCUT2D eigenvalue weighted by Crippen LogP contribution is 2.16. The molecule has 2 rings (SSSR count). The van der Waals surface area contributed by atoms with Crippen LogP contribution in [-0.2, 0) is 6.54 Å². The maximum Gasteiger partial charge on any atom is 0.0866 e. The first-order valence-electron chi connectivity index (χ1n) is 5.69. The number of hydrogen-bond acceptors (Lipinski definition) is 4. The van der Waals surface area contributed by atoms with Gasteiger partial charge in [0.15, 0.2) is 0 Å². The Morgan fingerprint density at radius 2 is 2.00 bits per heavy atom. The summed E-state index contributed by atoms with van der Waals surface area (Å²) in [6.45, 7) is 5.28. The van der Waals surface area contributed by atoms with E-state index in [9.17, 15) is 0 Å². The first-order chi connectivity index (χ1) is 8.29. The van der Waals surface area contributed by atoms with Gasteiger partial charge in [-0.05, 0) is 11.6 Å². The van der Waals surface area contributed by atoms with Crippen molar-refractivity contribution in [1.29, 1.82) is 5.26 Å². The lowest BCUT2D eigenvalue weighted by atomic mass is 10.2. The molecule has 0 aliphatic carbocycles. The van der Waals surface area contributed by atoms with Crippen molar-refractivity contribution in [1.82, 2.24) is 14.8 Å². The molecule has 0 atom stereocenters. The van der Waals surface area contributed by atoms with E-state index in [4.69, 9.17) is 16.9 Å². The molecule has 4 nitrogen and oxygen atoms in total. The molecule has 2 heterocycles. The Bertz CT molecular complexity index is 407. The quantitative estimate of drug-likeness (QED) is 0.761. The van der Waals surface area contributed by atoms with Gasteiger partial charge >= 0.3 is 0 Å².